The molecule has 1 aromatic heterocycles. The van der Waals surface area contributed by atoms with E-state index in [4.69, 9.17) is 11.6 Å². The molecule has 0 saturated carbocycles. The van der Waals surface area contributed by atoms with E-state index in [2.05, 4.69) is 15.2 Å². The van der Waals surface area contributed by atoms with Gasteiger partial charge in [0.1, 0.15) is 11.4 Å². The van der Waals surface area contributed by atoms with E-state index in [1.54, 1.807) is 48.9 Å². The number of nitro groups is 1. The summed E-state index contributed by atoms with van der Waals surface area (Å²) >= 11 is 5.99. The van der Waals surface area contributed by atoms with Crippen LogP contribution in [0.1, 0.15) is 37.7 Å². The minimum atomic E-state index is -0.602. The van der Waals surface area contributed by atoms with Crippen LogP contribution in [0.15, 0.2) is 42.5 Å². The summed E-state index contributed by atoms with van der Waals surface area (Å²) in [6.07, 6.45) is 0. The monoisotopic (exact) mass is 442 g/mol. The molecule has 31 heavy (non-hydrogen) atoms. The summed E-state index contributed by atoms with van der Waals surface area (Å²) in [6, 6.07) is 11.3. The maximum absolute atomic E-state index is 12.5. The van der Waals surface area contributed by atoms with Gasteiger partial charge in [-0.25, -0.2) is 4.79 Å². The lowest BCUT2D eigenvalue weighted by Gasteiger charge is -2.09. The highest BCUT2D eigenvalue weighted by atomic mass is 35.5. The van der Waals surface area contributed by atoms with Crippen LogP contribution in [0.2, 0.25) is 5.02 Å². The molecule has 0 fully saturated rings. The van der Waals surface area contributed by atoms with Gasteiger partial charge in [-0.3, -0.25) is 19.6 Å². The van der Waals surface area contributed by atoms with Crippen LogP contribution in [0.5, 0.6) is 0 Å². The number of ether oxygens (including phenoxy) is 1. The minimum absolute atomic E-state index is 0.00489. The second-order valence-corrected chi connectivity index (χ2v) is 7.18. The predicted octanol–water partition coefficient (Wildman–Crippen LogP) is 4.15. The fraction of sp³-hybridized carbons (Fsp3) is 0.190. The van der Waals surface area contributed by atoms with Crippen molar-refractivity contribution >= 4 is 34.9 Å². The van der Waals surface area contributed by atoms with Crippen molar-refractivity contribution in [3.63, 3.8) is 0 Å². The van der Waals surface area contributed by atoms with Gasteiger partial charge in [0.15, 0.2) is 0 Å². The second-order valence-electron chi connectivity index (χ2n) is 6.77. The Kier molecular flexibility index (Phi) is 6.36. The molecule has 0 aliphatic heterocycles. The molecule has 3 rings (SSSR count). The van der Waals surface area contributed by atoms with Crippen molar-refractivity contribution < 1.29 is 19.2 Å². The van der Waals surface area contributed by atoms with Gasteiger partial charge >= 0.3 is 11.7 Å². The van der Waals surface area contributed by atoms with Crippen LogP contribution in [0.25, 0.3) is 0 Å². The Morgan fingerprint density at radius 1 is 1.19 bits per heavy atom. The van der Waals surface area contributed by atoms with Gasteiger partial charge in [-0.15, -0.1) is 0 Å². The number of anilines is 1. The van der Waals surface area contributed by atoms with Crippen LogP contribution in [0.3, 0.4) is 0 Å². The zero-order valence-electron chi connectivity index (χ0n) is 17.0. The molecule has 0 saturated heterocycles. The summed E-state index contributed by atoms with van der Waals surface area (Å²) in [5, 5.41) is 18.3. The first-order valence-electron chi connectivity index (χ1n) is 9.17. The third kappa shape index (κ3) is 4.72. The van der Waals surface area contributed by atoms with E-state index >= 15 is 0 Å². The van der Waals surface area contributed by atoms with Crippen molar-refractivity contribution in [2.75, 3.05) is 12.4 Å². The molecule has 160 valence electrons. The summed E-state index contributed by atoms with van der Waals surface area (Å²) in [5.41, 5.74) is 2.60. The number of halogens is 1. The number of aryl methyl sites for hydroxylation is 1. The smallest absolute Gasteiger partial charge is 0.339 e. The van der Waals surface area contributed by atoms with Gasteiger partial charge in [0, 0.05) is 11.3 Å². The first-order chi connectivity index (χ1) is 14.7. The molecule has 0 aliphatic carbocycles. The molecule has 0 spiro atoms. The van der Waals surface area contributed by atoms with E-state index in [9.17, 15) is 19.7 Å². The normalized spacial score (nSPS) is 10.6. The van der Waals surface area contributed by atoms with Crippen LogP contribution >= 0.6 is 11.6 Å². The highest BCUT2D eigenvalue weighted by Gasteiger charge is 2.21. The zero-order chi connectivity index (χ0) is 22.7. The van der Waals surface area contributed by atoms with Crippen molar-refractivity contribution in [2.45, 2.75) is 20.4 Å². The third-order valence-electron chi connectivity index (χ3n) is 4.70. The molecule has 3 aromatic rings. The van der Waals surface area contributed by atoms with E-state index in [0.29, 0.717) is 29.2 Å². The topological polar surface area (TPSA) is 116 Å². The molecular formula is C21H19ClN4O5. The van der Waals surface area contributed by atoms with Gasteiger partial charge in [0.05, 0.1) is 29.2 Å². The Morgan fingerprint density at radius 2 is 1.87 bits per heavy atom. The molecule has 1 N–H and O–H groups in total. The van der Waals surface area contributed by atoms with Crippen LogP contribution in [-0.4, -0.2) is 33.7 Å². The molecule has 1 heterocycles. The first kappa shape index (κ1) is 22.0. The Morgan fingerprint density at radius 3 is 2.45 bits per heavy atom. The zero-order valence-corrected chi connectivity index (χ0v) is 17.8. The summed E-state index contributed by atoms with van der Waals surface area (Å²) < 4.78 is 6.23. The number of aromatic nitrogens is 2. The van der Waals surface area contributed by atoms with E-state index in [-0.39, 0.29) is 22.2 Å². The van der Waals surface area contributed by atoms with Gasteiger partial charge in [-0.1, -0.05) is 23.7 Å². The molecule has 0 unspecified atom stereocenters. The number of hydrogen-bond donors (Lipinski definition) is 1. The van der Waals surface area contributed by atoms with Gasteiger partial charge < -0.3 is 10.1 Å². The fourth-order valence-corrected chi connectivity index (χ4v) is 3.31. The predicted molar refractivity (Wildman–Crippen MR) is 115 cm³/mol. The number of nitrogens with zero attached hydrogens (tertiary/aromatic N) is 3. The Labute approximate surface area is 182 Å². The number of benzene rings is 2. The summed E-state index contributed by atoms with van der Waals surface area (Å²) in [4.78, 5) is 35.0. The van der Waals surface area contributed by atoms with Gasteiger partial charge in [0.25, 0.3) is 5.91 Å². The van der Waals surface area contributed by atoms with Gasteiger partial charge in [0.2, 0.25) is 0 Å². The number of methoxy groups -OCH3 is 1. The van der Waals surface area contributed by atoms with E-state index in [1.807, 2.05) is 0 Å². The molecule has 1 amide bonds. The van der Waals surface area contributed by atoms with Crippen LogP contribution in [0.4, 0.5) is 11.4 Å². The minimum Gasteiger partial charge on any atom is -0.465 e. The highest BCUT2D eigenvalue weighted by molar-refractivity contribution is 6.33. The van der Waals surface area contributed by atoms with E-state index in [1.165, 1.54) is 19.2 Å². The largest absolute Gasteiger partial charge is 0.465 e. The number of hydrogen-bond acceptors (Lipinski definition) is 6. The Balaban J connectivity index is 1.73. The SMILES string of the molecule is COC(=O)c1cc(NC(=O)c2ccc(Cn3nc(C)c([N+](=O)[O-])c3C)cc2)ccc1Cl. The van der Waals surface area contributed by atoms with Gasteiger partial charge in [-0.05, 0) is 49.7 Å². The lowest BCUT2D eigenvalue weighted by molar-refractivity contribution is -0.386. The maximum atomic E-state index is 12.5. The van der Waals surface area contributed by atoms with Crippen molar-refractivity contribution in [1.29, 1.82) is 0 Å². The average Bonchev–Trinajstić information content (AvgIpc) is 3.02. The standard InChI is InChI=1S/C21H19ClN4O5/c1-12-19(26(29)30)13(2)25(24-12)11-14-4-6-15(7-5-14)20(27)23-16-8-9-18(22)17(10-16)21(28)31-3/h4-10H,11H2,1-3H3,(H,23,27). The molecule has 0 bridgehead atoms. The van der Waals surface area contributed by atoms with Crippen molar-refractivity contribution in [1.82, 2.24) is 9.78 Å². The second kappa shape index (κ2) is 8.97. The highest BCUT2D eigenvalue weighted by Crippen LogP contribution is 2.23. The molecule has 2 aromatic carbocycles. The molecular weight excluding hydrogens is 424 g/mol. The molecule has 9 nitrogen and oxygen atoms in total. The maximum Gasteiger partial charge on any atom is 0.339 e. The summed E-state index contributed by atoms with van der Waals surface area (Å²) in [5.74, 6) is -0.971. The lowest BCUT2D eigenvalue weighted by Crippen LogP contribution is -2.13. The molecule has 0 atom stereocenters. The number of rotatable bonds is 6. The summed E-state index contributed by atoms with van der Waals surface area (Å²) in [6.45, 7) is 3.58. The first-order valence-corrected chi connectivity index (χ1v) is 9.55. The van der Waals surface area contributed by atoms with Crippen molar-refractivity contribution in [3.8, 4) is 0 Å². The van der Waals surface area contributed by atoms with Crippen molar-refractivity contribution in [3.05, 3.63) is 85.7 Å². The molecule has 10 heteroatoms. The lowest BCUT2D eigenvalue weighted by atomic mass is 10.1. The van der Waals surface area contributed by atoms with Crippen LogP contribution in [0, 0.1) is 24.0 Å². The molecule has 0 radical (unpaired) electrons. The van der Waals surface area contributed by atoms with E-state index < -0.39 is 10.9 Å². The van der Waals surface area contributed by atoms with E-state index in [0.717, 1.165) is 5.56 Å². The Bertz CT molecular complexity index is 1170. The van der Waals surface area contributed by atoms with Crippen molar-refractivity contribution in [2.24, 2.45) is 0 Å². The quantitative estimate of drug-likeness (QED) is 0.348. The average molecular weight is 443 g/mol. The molecule has 0 aliphatic rings. The van der Waals surface area contributed by atoms with Crippen LogP contribution < -0.4 is 5.32 Å². The number of nitrogens with one attached hydrogen (secondary N) is 1. The number of esters is 1. The van der Waals surface area contributed by atoms with Gasteiger partial charge in [-0.2, -0.15) is 5.10 Å². The Hall–Kier alpha value is -3.72. The van der Waals surface area contributed by atoms with Crippen LogP contribution in [-0.2, 0) is 11.3 Å². The summed E-state index contributed by atoms with van der Waals surface area (Å²) in [7, 11) is 1.25. The fourth-order valence-electron chi connectivity index (χ4n) is 3.11. The third-order valence-corrected chi connectivity index (χ3v) is 5.03. The number of carbonyl (C=O) groups excluding carboxylic acids is 2. The number of amides is 1. The number of carbonyl (C=O) groups is 2.